The number of carbonyl (C=O) groups is 6. The minimum Gasteiger partial charge on any atom is -0.357 e. The van der Waals surface area contributed by atoms with Crippen LogP contribution >= 0.6 is 50.7 Å². The molecule has 702 valence electrons. The Kier molecular flexibility index (Phi) is 24.2. The first kappa shape index (κ1) is 91.6. The van der Waals surface area contributed by atoms with Crippen LogP contribution in [-0.4, -0.2) is 114 Å². The zero-order valence-electron chi connectivity index (χ0n) is 76.9. The number of halogens is 4. The number of hydrogen-bond acceptors (Lipinski definition) is 11. The smallest absolute Gasteiger partial charge is 0.268 e. The van der Waals surface area contributed by atoms with Crippen molar-refractivity contribution < 1.29 is 28.8 Å². The minimum atomic E-state index is -0.383. The Morgan fingerprint density at radius 1 is 0.360 bits per heavy atom. The first-order valence-electron chi connectivity index (χ1n) is 46.1. The van der Waals surface area contributed by atoms with E-state index in [-0.39, 0.29) is 68.7 Å². The van der Waals surface area contributed by atoms with E-state index in [4.69, 9.17) is 45.2 Å². The third-order valence-corrected chi connectivity index (χ3v) is 28.0. The second-order valence-corrected chi connectivity index (χ2v) is 39.4. The fourth-order valence-electron chi connectivity index (χ4n) is 17.9. The number of nitrogens with zero attached hydrogens (tertiary/aromatic N) is 11. The highest BCUT2D eigenvalue weighted by Gasteiger charge is 2.52. The molecule has 139 heavy (non-hydrogen) atoms. The lowest BCUT2D eigenvalue weighted by Gasteiger charge is -2.15. The lowest BCUT2D eigenvalue weighted by molar-refractivity contribution is 0.0917. The second kappa shape index (κ2) is 36.7. The highest BCUT2D eigenvalue weighted by atomic mass is 79.9. The van der Waals surface area contributed by atoms with Gasteiger partial charge in [0.2, 0.25) is 0 Å². The lowest BCUT2D eigenvalue weighted by Crippen LogP contribution is -2.35. The van der Waals surface area contributed by atoms with Gasteiger partial charge in [-0.2, -0.15) is 25.7 Å². The molecular formula is C106H99BrCl3N23O6. The second-order valence-electron chi connectivity index (χ2n) is 37.2. The Hall–Kier alpha value is -15.2. The fraction of sp³-hybridized carbons (Fsp3) is 0.236. The summed E-state index contributed by atoms with van der Waals surface area (Å²) in [6, 6.07) is 65.4. The van der Waals surface area contributed by atoms with E-state index in [2.05, 4.69) is 143 Å². The fourth-order valence-corrected chi connectivity index (χ4v) is 18.8. The van der Waals surface area contributed by atoms with Crippen LogP contribution in [0.1, 0.15) is 192 Å². The van der Waals surface area contributed by atoms with E-state index in [1.807, 2.05) is 244 Å². The molecule has 0 spiro atoms. The molecule has 12 N–H and O–H groups in total. The van der Waals surface area contributed by atoms with Crippen LogP contribution in [-0.2, 0) is 74.9 Å². The number of rotatable bonds is 20. The number of aryl methyl sites for hydroxylation is 6. The molecule has 6 aliphatic rings. The van der Waals surface area contributed by atoms with Gasteiger partial charge in [0.15, 0.2) is 0 Å². The predicted octanol–water partition coefficient (Wildman–Crippen LogP) is 19.7. The molecule has 12 heterocycles. The van der Waals surface area contributed by atoms with Gasteiger partial charge < -0.3 is 70.9 Å². The summed E-state index contributed by atoms with van der Waals surface area (Å²) in [7, 11) is 9.62. The molecule has 25 rings (SSSR count). The van der Waals surface area contributed by atoms with Gasteiger partial charge in [-0.1, -0.05) is 81.9 Å². The van der Waals surface area contributed by atoms with E-state index >= 15 is 0 Å². The molecule has 33 heteroatoms. The molecule has 6 aliphatic carbocycles. The third kappa shape index (κ3) is 19.8. The number of nitrogens with one attached hydrogen (secondary N) is 12. The Morgan fingerprint density at radius 2 is 0.698 bits per heavy atom. The molecule has 7 aromatic carbocycles. The van der Waals surface area contributed by atoms with Crippen molar-refractivity contribution in [3.05, 3.63) is 361 Å². The summed E-state index contributed by atoms with van der Waals surface area (Å²) in [6.07, 6.45) is 31.9. The molecule has 12 aromatic heterocycles. The highest BCUT2D eigenvalue weighted by Crippen LogP contribution is 2.51. The molecule has 6 saturated carbocycles. The van der Waals surface area contributed by atoms with E-state index in [0.29, 0.717) is 54.8 Å². The van der Waals surface area contributed by atoms with Crippen LogP contribution in [0.3, 0.4) is 0 Å². The van der Waals surface area contributed by atoms with Gasteiger partial charge >= 0.3 is 0 Å². The summed E-state index contributed by atoms with van der Waals surface area (Å²) in [6.45, 7) is 2.13. The Balaban J connectivity index is 0.000000103. The molecule has 6 fully saturated rings. The molecule has 0 unspecified atom stereocenters. The normalized spacial score (nSPS) is 15.6. The number of hydrogen-bond donors (Lipinski definition) is 12. The summed E-state index contributed by atoms with van der Waals surface area (Å²) in [4.78, 5) is 94.6. The Bertz CT molecular complexity index is 7660. The van der Waals surface area contributed by atoms with Crippen LogP contribution in [0.5, 0.6) is 0 Å². The van der Waals surface area contributed by atoms with Gasteiger partial charge in [0.25, 0.3) is 35.4 Å². The number of aromatic amines is 6. The predicted molar refractivity (Wildman–Crippen MR) is 541 cm³/mol. The van der Waals surface area contributed by atoms with Crippen LogP contribution in [0.4, 0.5) is 0 Å². The van der Waals surface area contributed by atoms with E-state index in [9.17, 15) is 28.8 Å². The molecule has 6 amide bonds. The highest BCUT2D eigenvalue weighted by molar-refractivity contribution is 9.10. The Morgan fingerprint density at radius 3 is 1.04 bits per heavy atom. The van der Waals surface area contributed by atoms with Gasteiger partial charge in [0.05, 0.1) is 74.3 Å². The molecule has 0 radical (unpaired) electrons. The van der Waals surface area contributed by atoms with Gasteiger partial charge in [-0.3, -0.25) is 42.8 Å². The summed E-state index contributed by atoms with van der Waals surface area (Å²) in [5.41, 5.74) is 16.4. The number of nitriles is 1. The van der Waals surface area contributed by atoms with Gasteiger partial charge in [-0.15, -0.1) is 0 Å². The maximum atomic E-state index is 12.8. The molecular weight excluding hydrogens is 1880 g/mol. The van der Waals surface area contributed by atoms with Gasteiger partial charge in [0, 0.05) is 181 Å². The third-order valence-electron chi connectivity index (χ3n) is 26.8. The molecule has 0 atom stereocenters. The van der Waals surface area contributed by atoms with Crippen LogP contribution in [0.15, 0.2) is 267 Å². The monoisotopic (exact) mass is 1970 g/mol. The minimum absolute atomic E-state index is 0.0550. The van der Waals surface area contributed by atoms with Gasteiger partial charge in [-0.05, 0) is 276 Å². The number of fused-ring (bicyclic) bond motifs is 6. The number of aromatic nitrogens is 16. The summed E-state index contributed by atoms with van der Waals surface area (Å²) in [5, 5.41) is 53.2. The van der Waals surface area contributed by atoms with Gasteiger partial charge in [-0.25, -0.2) is 4.68 Å². The van der Waals surface area contributed by atoms with Crippen molar-refractivity contribution in [3.8, 4) is 11.8 Å². The largest absolute Gasteiger partial charge is 0.357 e. The quantitative estimate of drug-likeness (QED) is 0.0340. The Labute approximate surface area is 821 Å². The van der Waals surface area contributed by atoms with Crippen LogP contribution < -0.4 is 31.9 Å². The number of para-hydroxylation sites is 1. The number of carbonyl (C=O) groups excluding carboxylic acids is 6. The van der Waals surface area contributed by atoms with Gasteiger partial charge in [0.1, 0.15) is 34.2 Å². The summed E-state index contributed by atoms with van der Waals surface area (Å²) >= 11 is 21.4. The van der Waals surface area contributed by atoms with Crippen LogP contribution in [0.2, 0.25) is 15.1 Å². The molecule has 0 aliphatic heterocycles. The van der Waals surface area contributed by atoms with Crippen LogP contribution in [0, 0.1) is 11.3 Å². The molecule has 19 aromatic rings. The molecule has 0 saturated heterocycles. The van der Waals surface area contributed by atoms with Crippen molar-refractivity contribution in [2.75, 3.05) is 0 Å². The maximum absolute atomic E-state index is 12.8. The van der Waals surface area contributed by atoms with Crippen molar-refractivity contribution in [2.45, 2.75) is 124 Å². The zero-order chi connectivity index (χ0) is 96.4. The van der Waals surface area contributed by atoms with Crippen LogP contribution in [0.25, 0.3) is 71.1 Å². The van der Waals surface area contributed by atoms with E-state index in [0.717, 1.165) is 187 Å². The SMILES string of the molecule is CCc1ccc2[nH]c(C(=O)NC3(c4cnn(C)c4)CC3)cc2c1.Cn1cc(C2(NC(=O)c3cc4cc(Br)ccc4[nH]3)CC2)cn1.Cn1ccc(C2(NC(=O)c3cc4cc(C#N)ccc4[nH]3)CC2)c1.Cn1ccc(C2(NC(=O)c3cc4cc(Cl)ccc4[nH]3)CC2)c1.Cn1ccc(C2(NC(=O)c3cc4cc(Cl)ccc4[nH]3)CC2)n1.O=C(NC1(c2ccn(-c3ccccc3)n2)CC1)c1cc2cc(Cl)ccc2[nH]1. The van der Waals surface area contributed by atoms with Crippen molar-refractivity contribution in [3.63, 3.8) is 0 Å². The topological polar surface area (TPSA) is 374 Å². The first-order chi connectivity index (χ1) is 67.0. The van der Waals surface area contributed by atoms with Crippen molar-refractivity contribution in [1.29, 1.82) is 5.26 Å². The van der Waals surface area contributed by atoms with Crippen molar-refractivity contribution >= 4 is 152 Å². The maximum Gasteiger partial charge on any atom is 0.268 e. The molecule has 0 bridgehead atoms. The van der Waals surface area contributed by atoms with Crippen molar-refractivity contribution in [1.82, 2.24) is 110 Å². The van der Waals surface area contributed by atoms with Crippen molar-refractivity contribution in [2.24, 2.45) is 35.2 Å². The van der Waals surface area contributed by atoms with E-state index < -0.39 is 0 Å². The number of amides is 6. The number of benzene rings is 7. The standard InChI is InChI=1S/C21H17ClN4O.C18H16N4O.C18H20N4O.C17H16ClN3O.C16H15BrN4O.C16H15ClN4O/c22-15-6-7-17-14(12-15)13-18(23-17)20(27)24-21(9-10-21)19-8-11-26(25-19)16-4-2-1-3-5-16;1-22-7-4-14(11-22)18(5-6-18)21-17(23)16-9-13-8-12(10-19)2-3-15(13)20-16;1-3-12-4-5-15-13(8-12)9-16(20-15)17(23)21-18(6-7-18)14-10-19-22(2)11-14;1-21-7-4-12(10-21)17(5-6-17)20-16(22)15-9-11-8-13(18)2-3-14(11)19-15;1-21-9-11(8-18-21)16(4-5-16)20-15(22)14-7-10-6-12(17)2-3-13(10)19-14;1-21-7-4-14(20-21)16(5-6-16)19-15(22)13-9-10-8-11(17)2-3-12(10)18-13/h1-8,11-13,23H,9-10H2,(H,24,27);2-4,7-9,11,20H,5-6H2,1H3,(H,21,23);4-5,8-11,20H,3,6-7H2,1-2H3,(H,21,23);2-4,7-10,19H,5-6H2,1H3,(H,20,22);2-3,6-9,19H,4-5H2,1H3,(H,20,22);2-4,7-9,18H,5-6H2,1H3,(H,19,22). The summed E-state index contributed by atoms with van der Waals surface area (Å²) in [5.74, 6) is -0.562. The summed E-state index contributed by atoms with van der Waals surface area (Å²) < 4.78 is 12.1. The van der Waals surface area contributed by atoms with E-state index in [1.54, 1.807) is 44.4 Å². The zero-order valence-corrected chi connectivity index (χ0v) is 80.8. The molecule has 29 nitrogen and oxygen atoms in total. The average Bonchev–Trinajstić information content (AvgIpc) is 1.61. The lowest BCUT2D eigenvalue weighted by atomic mass is 10.1. The average molecular weight is 1980 g/mol. The first-order valence-corrected chi connectivity index (χ1v) is 48.0. The van der Waals surface area contributed by atoms with E-state index in [1.165, 1.54) is 11.1 Å². The number of H-pyrrole nitrogens is 6.